The topological polar surface area (TPSA) is 120 Å². The normalized spacial score (nSPS) is 15.6. The van der Waals surface area contributed by atoms with E-state index < -0.39 is 15.1 Å². The molecule has 0 atom stereocenters. The second kappa shape index (κ2) is 7.98. The number of hydrogen-bond donors (Lipinski definition) is 0. The smallest absolute Gasteiger partial charge is 0.261 e. The van der Waals surface area contributed by atoms with Crippen LogP contribution in [0.2, 0.25) is 0 Å². The van der Waals surface area contributed by atoms with Crippen molar-refractivity contribution >= 4 is 26.6 Å². The lowest BCUT2D eigenvalue weighted by molar-refractivity contribution is -0.132. The number of rotatable bonds is 5. The number of piperidine rings is 1. The Labute approximate surface area is 173 Å². The predicted octanol–water partition coefficient (Wildman–Crippen LogP) is 0.380. The molecule has 4 rings (SSSR count). The van der Waals surface area contributed by atoms with Crippen LogP contribution in [0.4, 0.5) is 0 Å². The lowest BCUT2D eigenvalue weighted by Gasteiger charge is -2.31. The van der Waals surface area contributed by atoms with Gasteiger partial charge in [-0.15, -0.1) is 10.2 Å². The van der Waals surface area contributed by atoms with E-state index >= 15 is 0 Å². The van der Waals surface area contributed by atoms with E-state index in [9.17, 15) is 18.0 Å². The number of amides is 1. The maximum Gasteiger partial charge on any atom is 0.261 e. The summed E-state index contributed by atoms with van der Waals surface area (Å²) in [5, 5.41) is 7.24. The SMILES string of the molecule is Cn1cnnc1S(=O)(=O)C1CCN(C(=O)CCn2cnc3ccccc3c2=O)CC1. The van der Waals surface area contributed by atoms with Gasteiger partial charge in [0.2, 0.25) is 20.9 Å². The van der Waals surface area contributed by atoms with E-state index in [1.165, 1.54) is 21.8 Å². The van der Waals surface area contributed by atoms with E-state index in [1.54, 1.807) is 30.1 Å². The quantitative estimate of drug-likeness (QED) is 0.574. The van der Waals surface area contributed by atoms with Crippen molar-refractivity contribution in [3.8, 4) is 0 Å². The van der Waals surface area contributed by atoms with Gasteiger partial charge < -0.3 is 9.47 Å². The molecule has 11 heteroatoms. The summed E-state index contributed by atoms with van der Waals surface area (Å²) >= 11 is 0. The van der Waals surface area contributed by atoms with Crippen LogP contribution in [0.5, 0.6) is 0 Å². The average Bonchev–Trinajstić information content (AvgIpc) is 3.20. The second-order valence-corrected chi connectivity index (χ2v) is 9.48. The fourth-order valence-corrected chi connectivity index (χ4v) is 5.47. The number of para-hydroxylation sites is 1. The molecule has 0 spiro atoms. The van der Waals surface area contributed by atoms with Gasteiger partial charge in [-0.05, 0) is 25.0 Å². The van der Waals surface area contributed by atoms with Gasteiger partial charge >= 0.3 is 0 Å². The molecule has 1 aliphatic rings. The van der Waals surface area contributed by atoms with Gasteiger partial charge in [-0.25, -0.2) is 13.4 Å². The summed E-state index contributed by atoms with van der Waals surface area (Å²) in [5.41, 5.74) is 0.443. The number of aromatic nitrogens is 5. The molecule has 0 aliphatic carbocycles. The Morgan fingerprint density at radius 1 is 1.17 bits per heavy atom. The Morgan fingerprint density at radius 3 is 2.60 bits per heavy atom. The Bertz CT molecular complexity index is 1240. The zero-order chi connectivity index (χ0) is 21.3. The van der Waals surface area contributed by atoms with E-state index in [0.717, 1.165) is 0 Å². The number of likely N-dealkylation sites (tertiary alicyclic amines) is 1. The highest BCUT2D eigenvalue weighted by Gasteiger charge is 2.35. The minimum atomic E-state index is -3.58. The Kier molecular flexibility index (Phi) is 5.37. The molecule has 1 amide bonds. The van der Waals surface area contributed by atoms with Crippen LogP contribution in [0.3, 0.4) is 0 Å². The Hall–Kier alpha value is -3.08. The van der Waals surface area contributed by atoms with Gasteiger partial charge in [0.1, 0.15) is 6.33 Å². The van der Waals surface area contributed by atoms with E-state index in [1.807, 2.05) is 6.07 Å². The van der Waals surface area contributed by atoms with Gasteiger partial charge in [-0.2, -0.15) is 0 Å². The van der Waals surface area contributed by atoms with Crippen molar-refractivity contribution in [1.29, 1.82) is 0 Å². The number of benzene rings is 1. The van der Waals surface area contributed by atoms with E-state index in [2.05, 4.69) is 15.2 Å². The summed E-state index contributed by atoms with van der Waals surface area (Å²) in [7, 11) is -1.99. The molecule has 0 unspecified atom stereocenters. The lowest BCUT2D eigenvalue weighted by Crippen LogP contribution is -2.43. The number of hydrogen-bond acceptors (Lipinski definition) is 7. The highest BCUT2D eigenvalue weighted by Crippen LogP contribution is 2.23. The van der Waals surface area contributed by atoms with Crippen LogP contribution in [-0.2, 0) is 28.2 Å². The summed E-state index contributed by atoms with van der Waals surface area (Å²) in [4.78, 5) is 31.0. The van der Waals surface area contributed by atoms with Crippen LogP contribution in [0.15, 0.2) is 46.9 Å². The molecule has 1 aliphatic heterocycles. The molecule has 2 aromatic heterocycles. The monoisotopic (exact) mass is 430 g/mol. The molecule has 158 valence electrons. The van der Waals surface area contributed by atoms with Gasteiger partial charge in [0.25, 0.3) is 5.56 Å². The fourth-order valence-electron chi connectivity index (χ4n) is 3.73. The first kappa shape index (κ1) is 20.2. The highest BCUT2D eigenvalue weighted by molar-refractivity contribution is 7.91. The van der Waals surface area contributed by atoms with Crippen LogP contribution in [0, 0.1) is 0 Å². The maximum atomic E-state index is 12.7. The number of fused-ring (bicyclic) bond motifs is 1. The van der Waals surface area contributed by atoms with Crippen molar-refractivity contribution in [2.45, 2.75) is 36.2 Å². The number of carbonyl (C=O) groups excluding carboxylic acids is 1. The van der Waals surface area contributed by atoms with Crippen LogP contribution in [-0.4, -0.2) is 61.9 Å². The molecule has 0 N–H and O–H groups in total. The third-order valence-corrected chi connectivity index (χ3v) is 7.68. The summed E-state index contributed by atoms with van der Waals surface area (Å²) in [6.07, 6.45) is 3.66. The second-order valence-electron chi connectivity index (χ2n) is 7.36. The molecule has 0 bridgehead atoms. The van der Waals surface area contributed by atoms with Crippen molar-refractivity contribution in [1.82, 2.24) is 29.2 Å². The minimum Gasteiger partial charge on any atom is -0.343 e. The molecule has 1 aromatic carbocycles. The van der Waals surface area contributed by atoms with Gasteiger partial charge in [0.15, 0.2) is 0 Å². The van der Waals surface area contributed by atoms with Crippen LogP contribution in [0.25, 0.3) is 10.9 Å². The predicted molar refractivity (Wildman–Crippen MR) is 108 cm³/mol. The summed E-state index contributed by atoms with van der Waals surface area (Å²) in [6.45, 7) is 0.934. The van der Waals surface area contributed by atoms with Crippen LogP contribution >= 0.6 is 0 Å². The van der Waals surface area contributed by atoms with E-state index in [0.29, 0.717) is 36.8 Å². The minimum absolute atomic E-state index is 0.0459. The molecule has 1 fully saturated rings. The van der Waals surface area contributed by atoms with Crippen molar-refractivity contribution in [2.75, 3.05) is 13.1 Å². The lowest BCUT2D eigenvalue weighted by atomic mass is 10.1. The average molecular weight is 430 g/mol. The van der Waals surface area contributed by atoms with Gasteiger partial charge in [-0.3, -0.25) is 14.2 Å². The first-order valence-electron chi connectivity index (χ1n) is 9.68. The molecule has 1 saturated heterocycles. The number of sulfone groups is 1. The summed E-state index contributed by atoms with van der Waals surface area (Å²) in [6, 6.07) is 7.08. The van der Waals surface area contributed by atoms with Crippen molar-refractivity contribution < 1.29 is 13.2 Å². The third-order valence-electron chi connectivity index (χ3n) is 5.46. The van der Waals surface area contributed by atoms with Crippen molar-refractivity contribution in [3.63, 3.8) is 0 Å². The van der Waals surface area contributed by atoms with Crippen molar-refractivity contribution in [2.24, 2.45) is 7.05 Å². The fraction of sp³-hybridized carbons (Fsp3) is 0.421. The summed E-state index contributed by atoms with van der Waals surface area (Å²) in [5.74, 6) is -0.107. The van der Waals surface area contributed by atoms with Crippen LogP contribution < -0.4 is 5.56 Å². The first-order valence-corrected chi connectivity index (χ1v) is 11.2. The zero-order valence-electron chi connectivity index (χ0n) is 16.5. The number of aryl methyl sites for hydroxylation is 2. The Balaban J connectivity index is 1.37. The molecule has 3 aromatic rings. The number of nitrogens with zero attached hydrogens (tertiary/aromatic N) is 6. The summed E-state index contributed by atoms with van der Waals surface area (Å²) < 4.78 is 28.3. The zero-order valence-corrected chi connectivity index (χ0v) is 17.3. The largest absolute Gasteiger partial charge is 0.343 e. The number of carbonyl (C=O) groups is 1. The van der Waals surface area contributed by atoms with Crippen LogP contribution in [0.1, 0.15) is 19.3 Å². The molecule has 0 saturated carbocycles. The first-order chi connectivity index (χ1) is 14.4. The standard InChI is InChI=1S/C19H22N6O4S/c1-23-13-21-22-19(23)30(28,29)14-6-9-24(10-7-14)17(26)8-11-25-12-20-16-5-3-2-4-15(16)18(25)27/h2-5,12-14H,6-11H2,1H3. The molecule has 10 nitrogen and oxygen atoms in total. The Morgan fingerprint density at radius 2 is 1.90 bits per heavy atom. The van der Waals surface area contributed by atoms with Gasteiger partial charge in [0.05, 0.1) is 22.5 Å². The van der Waals surface area contributed by atoms with Gasteiger partial charge in [-0.1, -0.05) is 12.1 Å². The molecule has 3 heterocycles. The third kappa shape index (κ3) is 3.72. The molecule has 30 heavy (non-hydrogen) atoms. The molecular formula is C19H22N6O4S. The molecule has 0 radical (unpaired) electrons. The van der Waals surface area contributed by atoms with E-state index in [-0.39, 0.29) is 29.6 Å². The maximum absolute atomic E-state index is 12.7. The van der Waals surface area contributed by atoms with Gasteiger partial charge in [0, 0.05) is 33.1 Å². The van der Waals surface area contributed by atoms with Crippen molar-refractivity contribution in [3.05, 3.63) is 47.3 Å². The highest BCUT2D eigenvalue weighted by atomic mass is 32.2. The molecular weight excluding hydrogens is 408 g/mol. The van der Waals surface area contributed by atoms with E-state index in [4.69, 9.17) is 0 Å².